The van der Waals surface area contributed by atoms with E-state index in [1.54, 1.807) is 0 Å². The first-order valence-electron chi connectivity index (χ1n) is 2.83. The third-order valence-electron chi connectivity index (χ3n) is 0.986. The van der Waals surface area contributed by atoms with Gasteiger partial charge in [-0.25, -0.2) is 0 Å². The second-order valence-corrected chi connectivity index (χ2v) is 15.3. The van der Waals surface area contributed by atoms with Gasteiger partial charge in [0.1, 0.15) is 0 Å². The maximum Gasteiger partial charge on any atom is -0.00848 e. The van der Waals surface area contributed by atoms with E-state index in [0.717, 1.165) is 7.45 Å². The van der Waals surface area contributed by atoms with Crippen molar-refractivity contribution >= 4 is 85.8 Å². The van der Waals surface area contributed by atoms with Gasteiger partial charge in [0.05, 0.1) is 0 Å². The van der Waals surface area contributed by atoms with Gasteiger partial charge in [-0.05, 0) is 5.83 Å². The zero-order valence-corrected chi connectivity index (χ0v) is 14.8. The van der Waals surface area contributed by atoms with Gasteiger partial charge in [-0.1, -0.05) is 15.9 Å². The Morgan fingerprint density at radius 2 is 1.55 bits per heavy atom. The summed E-state index contributed by atoms with van der Waals surface area (Å²) in [6.45, 7) is 0. The van der Waals surface area contributed by atoms with Crippen LogP contribution in [0.2, 0.25) is 0 Å². The maximum absolute atomic E-state index is 3.74. The summed E-state index contributed by atoms with van der Waals surface area (Å²) in [5.41, 5.74) is 0. The van der Waals surface area contributed by atoms with Crippen LogP contribution in [0.15, 0.2) is 0 Å². The molecule has 6 heteroatoms. The number of alkyl halides is 3. The zero-order chi connectivity index (χ0) is 8.85. The molecular weight excluding hydrogens is 491 g/mol. The molecule has 0 saturated carbocycles. The number of halogens is 4. The molecule has 1 fully saturated rings. The third-order valence-corrected chi connectivity index (χ3v) is 21.4. The van der Waals surface area contributed by atoms with Crippen LogP contribution in [-0.4, -0.2) is 36.9 Å². The van der Waals surface area contributed by atoms with Crippen molar-refractivity contribution in [2.75, 3.05) is 17.3 Å². The smallest absolute Gasteiger partial charge is 0.00848 e. The average molecular weight is 500 g/mol. The molecule has 2 unspecified atom stereocenters. The zero-order valence-electron chi connectivity index (χ0n) is 5.90. The van der Waals surface area contributed by atoms with Crippen molar-refractivity contribution in [3.63, 3.8) is 0 Å². The molecule has 0 amide bonds. The fourth-order valence-corrected chi connectivity index (χ4v) is 13.5. The Morgan fingerprint density at radius 1 is 1.18 bits per heavy atom. The maximum atomic E-state index is 3.74. The molecule has 0 nitrogen and oxygen atoms in total. The second kappa shape index (κ2) is 8.13. The fourth-order valence-electron chi connectivity index (χ4n) is 0.544. The first-order valence-corrected chi connectivity index (χ1v) is 13.4. The number of thioether (sulfide) groups is 1. The Balaban J connectivity index is 0.000000461. The van der Waals surface area contributed by atoms with Gasteiger partial charge in [-0.3, -0.25) is 0 Å². The van der Waals surface area contributed by atoms with Gasteiger partial charge in [0.25, 0.3) is 0 Å². The monoisotopic (exact) mass is 497 g/mol. The Labute approximate surface area is 109 Å². The normalized spacial score (nSPS) is 32.5. The molecule has 1 aliphatic heterocycles. The largest absolute Gasteiger partial charge is 0.0966 e. The Kier molecular flexibility index (Phi) is 10.2. The summed E-state index contributed by atoms with van der Waals surface area (Å²) in [5.74, 6) is 4.36. The summed E-state index contributed by atoms with van der Waals surface area (Å²) in [4.78, 5) is 0. The van der Waals surface area contributed by atoms with Gasteiger partial charge < -0.3 is 0 Å². The van der Waals surface area contributed by atoms with E-state index >= 15 is 0 Å². The SMILES string of the molecule is BrC1CSCC(Br)[Se]1Br.CBr. The summed E-state index contributed by atoms with van der Waals surface area (Å²) in [5, 5.41) is 0. The topological polar surface area (TPSA) is 0 Å². The summed E-state index contributed by atoms with van der Waals surface area (Å²) < 4.78 is 1.50. The van der Waals surface area contributed by atoms with Crippen molar-refractivity contribution in [3.05, 3.63) is 0 Å². The minimum absolute atomic E-state index is 0.532. The number of hydrogen-bond acceptors (Lipinski definition) is 1. The first kappa shape index (κ1) is 13.8. The van der Waals surface area contributed by atoms with Crippen molar-refractivity contribution < 1.29 is 0 Å². The van der Waals surface area contributed by atoms with Crippen LogP contribution in [-0.2, 0) is 0 Å². The van der Waals surface area contributed by atoms with Gasteiger partial charge in [0.2, 0.25) is 0 Å². The van der Waals surface area contributed by atoms with Crippen molar-refractivity contribution in [3.8, 4) is 0 Å². The van der Waals surface area contributed by atoms with Crippen molar-refractivity contribution in [1.82, 2.24) is 0 Å². The molecular formula is C5H9Br4SSe. The first-order chi connectivity index (χ1) is 5.22. The van der Waals surface area contributed by atoms with E-state index in [9.17, 15) is 0 Å². The molecule has 0 bridgehead atoms. The standard InChI is InChI=1S/C4H6Br3SSe.CH3Br/c5-3-1-8-2-4(6)9(3)7;1-2/h3-4H,1-2H2;1H3. The van der Waals surface area contributed by atoms with Gasteiger partial charge >= 0.3 is 88.8 Å². The average Bonchev–Trinajstić information content (AvgIpc) is 2.04. The van der Waals surface area contributed by atoms with E-state index in [1.165, 1.54) is 11.5 Å². The predicted octanol–water partition coefficient (Wildman–Crippen LogP) is 3.74. The van der Waals surface area contributed by atoms with Crippen LogP contribution in [0.4, 0.5) is 0 Å². The fraction of sp³-hybridized carbons (Fsp3) is 1.00. The third kappa shape index (κ3) is 5.28. The molecule has 0 spiro atoms. The Hall–Kier alpha value is 2.79. The summed E-state index contributed by atoms with van der Waals surface area (Å²) in [6, 6.07) is 0. The Morgan fingerprint density at radius 3 is 1.82 bits per heavy atom. The van der Waals surface area contributed by atoms with Crippen molar-refractivity contribution in [2.45, 2.75) is 7.45 Å². The van der Waals surface area contributed by atoms with Crippen LogP contribution in [0.25, 0.3) is 0 Å². The minimum Gasteiger partial charge on any atom is -0.0966 e. The van der Waals surface area contributed by atoms with Crippen LogP contribution in [0, 0.1) is 0 Å². The molecule has 0 aliphatic carbocycles. The molecule has 1 saturated heterocycles. The van der Waals surface area contributed by atoms with E-state index in [2.05, 4.69) is 61.9 Å². The molecule has 0 aromatic carbocycles. The van der Waals surface area contributed by atoms with Crippen LogP contribution in [0.3, 0.4) is 0 Å². The molecule has 0 N–H and O–H groups in total. The van der Waals surface area contributed by atoms with Crippen LogP contribution in [0.1, 0.15) is 0 Å². The molecule has 11 heavy (non-hydrogen) atoms. The Bertz CT molecular complexity index is 94.5. The number of rotatable bonds is 0. The summed E-state index contributed by atoms with van der Waals surface area (Å²) in [7, 11) is 0. The molecule has 0 aromatic heterocycles. The van der Waals surface area contributed by atoms with Gasteiger partial charge in [0, 0.05) is 0 Å². The molecule has 1 radical (unpaired) electrons. The van der Waals surface area contributed by atoms with E-state index in [-0.39, 0.29) is 0 Å². The molecule has 1 heterocycles. The molecule has 69 valence electrons. The van der Waals surface area contributed by atoms with Gasteiger partial charge in [0.15, 0.2) is 0 Å². The van der Waals surface area contributed by atoms with Crippen LogP contribution >= 0.6 is 73.7 Å². The van der Waals surface area contributed by atoms with Crippen molar-refractivity contribution in [1.29, 1.82) is 0 Å². The molecule has 1 rings (SSSR count). The van der Waals surface area contributed by atoms with E-state index in [0.29, 0.717) is 0 Å². The van der Waals surface area contributed by atoms with E-state index < -0.39 is 12.1 Å². The summed E-state index contributed by atoms with van der Waals surface area (Å²) in [6.07, 6.45) is 0. The van der Waals surface area contributed by atoms with Crippen molar-refractivity contribution in [2.24, 2.45) is 0 Å². The quantitative estimate of drug-likeness (QED) is 0.362. The molecule has 1 aliphatic rings. The van der Waals surface area contributed by atoms with E-state index in [4.69, 9.17) is 0 Å². The molecule has 0 aromatic rings. The van der Waals surface area contributed by atoms with Crippen LogP contribution in [0.5, 0.6) is 0 Å². The second-order valence-electron chi connectivity index (χ2n) is 1.67. The van der Waals surface area contributed by atoms with Gasteiger partial charge in [-0.15, -0.1) is 0 Å². The van der Waals surface area contributed by atoms with Gasteiger partial charge in [-0.2, -0.15) is 0 Å². The molecule has 2 atom stereocenters. The van der Waals surface area contributed by atoms with Crippen LogP contribution < -0.4 is 0 Å². The van der Waals surface area contributed by atoms with E-state index in [1.807, 2.05) is 17.6 Å². The summed E-state index contributed by atoms with van der Waals surface area (Å²) >= 11 is 15.5. The number of hydrogen-bond donors (Lipinski definition) is 0. The predicted molar refractivity (Wildman–Crippen MR) is 72.3 cm³/mol. The minimum atomic E-state index is -0.532.